The quantitative estimate of drug-likeness (QED) is 0.797. The van der Waals surface area contributed by atoms with Gasteiger partial charge in [0.25, 0.3) is 0 Å². The largest absolute Gasteiger partial charge is 0.314 e. The molecule has 0 bridgehead atoms. The molecule has 1 heterocycles. The van der Waals surface area contributed by atoms with Crippen molar-refractivity contribution in [2.75, 3.05) is 6.54 Å². The Labute approximate surface area is 99.2 Å². The summed E-state index contributed by atoms with van der Waals surface area (Å²) in [5, 5.41) is 3.43. The molecular weight excluding hydrogens is 198 g/mol. The minimum absolute atomic E-state index is 0.369. The molecule has 0 spiro atoms. The van der Waals surface area contributed by atoms with Gasteiger partial charge in [-0.1, -0.05) is 13.8 Å². The van der Waals surface area contributed by atoms with Crippen molar-refractivity contribution in [1.29, 1.82) is 0 Å². The summed E-state index contributed by atoms with van der Waals surface area (Å²) >= 11 is 0. The maximum absolute atomic E-state index is 12.2. The molecule has 1 aliphatic heterocycles. The molecular formula is C14H25NO. The zero-order valence-corrected chi connectivity index (χ0v) is 10.7. The van der Waals surface area contributed by atoms with E-state index in [1.807, 2.05) is 0 Å². The fraction of sp³-hybridized carbons (Fsp3) is 0.929. The Hall–Kier alpha value is -0.370. The van der Waals surface area contributed by atoms with E-state index in [0.717, 1.165) is 37.6 Å². The summed E-state index contributed by atoms with van der Waals surface area (Å²) in [6.45, 7) is 5.73. The van der Waals surface area contributed by atoms with Crippen LogP contribution in [0.1, 0.15) is 52.4 Å². The van der Waals surface area contributed by atoms with Crippen LogP contribution in [0.5, 0.6) is 0 Å². The van der Waals surface area contributed by atoms with Crippen molar-refractivity contribution in [2.24, 2.45) is 17.8 Å². The lowest BCUT2D eigenvalue weighted by Gasteiger charge is -2.31. The molecule has 2 nitrogen and oxygen atoms in total. The summed E-state index contributed by atoms with van der Waals surface area (Å²) < 4.78 is 0. The predicted octanol–water partition coefficient (Wildman–Crippen LogP) is 2.77. The summed E-state index contributed by atoms with van der Waals surface area (Å²) in [7, 11) is 0. The average molecular weight is 223 g/mol. The molecule has 0 aromatic heterocycles. The molecule has 2 fully saturated rings. The van der Waals surface area contributed by atoms with E-state index < -0.39 is 0 Å². The van der Waals surface area contributed by atoms with Crippen LogP contribution in [0.3, 0.4) is 0 Å². The van der Waals surface area contributed by atoms with Crippen molar-refractivity contribution in [3.05, 3.63) is 0 Å². The van der Waals surface area contributed by atoms with Gasteiger partial charge in [-0.25, -0.2) is 0 Å². The SMILES string of the molecule is CC1CCC(C(=O)CC2CCCN2)CC1C. The second-order valence-electron chi connectivity index (χ2n) is 5.93. The number of carbonyl (C=O) groups is 1. The first-order chi connectivity index (χ1) is 7.66. The lowest BCUT2D eigenvalue weighted by atomic mass is 9.73. The molecule has 92 valence electrons. The molecule has 0 aromatic rings. The van der Waals surface area contributed by atoms with E-state index in [2.05, 4.69) is 19.2 Å². The monoisotopic (exact) mass is 223 g/mol. The Kier molecular flexibility index (Phi) is 4.01. The van der Waals surface area contributed by atoms with Gasteiger partial charge in [-0.15, -0.1) is 0 Å². The minimum atomic E-state index is 0.369. The summed E-state index contributed by atoms with van der Waals surface area (Å²) in [5.41, 5.74) is 0. The van der Waals surface area contributed by atoms with Crippen LogP contribution in [-0.2, 0) is 4.79 Å². The second kappa shape index (κ2) is 5.31. The number of ketones is 1. The van der Waals surface area contributed by atoms with Gasteiger partial charge in [0.1, 0.15) is 5.78 Å². The molecule has 4 atom stereocenters. The molecule has 0 amide bonds. The Bertz CT molecular complexity index is 245. The van der Waals surface area contributed by atoms with E-state index in [0.29, 0.717) is 17.7 Å². The summed E-state index contributed by atoms with van der Waals surface area (Å²) in [4.78, 5) is 12.2. The third kappa shape index (κ3) is 2.85. The third-order valence-electron chi connectivity index (χ3n) is 4.66. The van der Waals surface area contributed by atoms with E-state index >= 15 is 0 Å². The van der Waals surface area contributed by atoms with Gasteiger partial charge < -0.3 is 5.32 Å². The predicted molar refractivity (Wildman–Crippen MR) is 66.3 cm³/mol. The minimum Gasteiger partial charge on any atom is -0.314 e. The molecule has 1 saturated heterocycles. The highest BCUT2D eigenvalue weighted by molar-refractivity contribution is 5.81. The normalized spacial score (nSPS) is 39.9. The van der Waals surface area contributed by atoms with Crippen LogP contribution >= 0.6 is 0 Å². The van der Waals surface area contributed by atoms with Crippen LogP contribution in [0.25, 0.3) is 0 Å². The molecule has 16 heavy (non-hydrogen) atoms. The Balaban J connectivity index is 1.80. The van der Waals surface area contributed by atoms with E-state index in [-0.39, 0.29) is 0 Å². The molecule has 0 radical (unpaired) electrons. The topological polar surface area (TPSA) is 29.1 Å². The maximum Gasteiger partial charge on any atom is 0.137 e. The standard InChI is InChI=1S/C14H25NO/c1-10-5-6-12(8-11(10)2)14(16)9-13-4-3-7-15-13/h10-13,15H,3-9H2,1-2H3. The van der Waals surface area contributed by atoms with Crippen molar-refractivity contribution in [2.45, 2.75) is 58.4 Å². The van der Waals surface area contributed by atoms with Crippen molar-refractivity contribution >= 4 is 5.78 Å². The van der Waals surface area contributed by atoms with E-state index in [1.54, 1.807) is 0 Å². The second-order valence-corrected chi connectivity index (χ2v) is 5.93. The Morgan fingerprint density at radius 3 is 2.62 bits per heavy atom. The molecule has 0 aromatic carbocycles. The Morgan fingerprint density at radius 2 is 2.00 bits per heavy atom. The first-order valence-corrected chi connectivity index (χ1v) is 6.93. The van der Waals surface area contributed by atoms with Gasteiger partial charge in [0.2, 0.25) is 0 Å². The molecule has 4 unspecified atom stereocenters. The van der Waals surface area contributed by atoms with Crippen LogP contribution < -0.4 is 5.32 Å². The molecule has 2 aliphatic rings. The van der Waals surface area contributed by atoms with Crippen LogP contribution in [0.2, 0.25) is 0 Å². The molecule has 1 saturated carbocycles. The van der Waals surface area contributed by atoms with Gasteiger partial charge in [-0.05, 0) is 50.5 Å². The smallest absolute Gasteiger partial charge is 0.137 e. The highest BCUT2D eigenvalue weighted by Crippen LogP contribution is 2.34. The van der Waals surface area contributed by atoms with Crippen molar-refractivity contribution in [3.8, 4) is 0 Å². The first-order valence-electron chi connectivity index (χ1n) is 6.93. The highest BCUT2D eigenvalue weighted by Gasteiger charge is 2.30. The first kappa shape index (κ1) is 12.1. The number of Topliss-reactive ketones (excluding diaryl/α,β-unsaturated/α-hetero) is 1. The lowest BCUT2D eigenvalue weighted by Crippen LogP contribution is -2.31. The Morgan fingerprint density at radius 1 is 1.19 bits per heavy atom. The fourth-order valence-corrected chi connectivity index (χ4v) is 3.18. The summed E-state index contributed by atoms with van der Waals surface area (Å²) in [6, 6.07) is 0.488. The van der Waals surface area contributed by atoms with Gasteiger partial charge in [0.05, 0.1) is 0 Å². The van der Waals surface area contributed by atoms with Crippen LogP contribution in [-0.4, -0.2) is 18.4 Å². The van der Waals surface area contributed by atoms with Gasteiger partial charge in [0, 0.05) is 18.4 Å². The zero-order chi connectivity index (χ0) is 11.5. The number of carbonyl (C=O) groups excluding carboxylic acids is 1. The molecule has 1 aliphatic carbocycles. The lowest BCUT2D eigenvalue weighted by molar-refractivity contribution is -0.125. The maximum atomic E-state index is 12.2. The zero-order valence-electron chi connectivity index (χ0n) is 10.7. The van der Waals surface area contributed by atoms with Crippen molar-refractivity contribution < 1.29 is 4.79 Å². The number of hydrogen-bond acceptors (Lipinski definition) is 2. The average Bonchev–Trinajstić information content (AvgIpc) is 2.74. The van der Waals surface area contributed by atoms with Crippen LogP contribution in [0, 0.1) is 17.8 Å². The van der Waals surface area contributed by atoms with Crippen molar-refractivity contribution in [1.82, 2.24) is 5.32 Å². The van der Waals surface area contributed by atoms with Gasteiger partial charge in [-0.2, -0.15) is 0 Å². The summed E-state index contributed by atoms with van der Waals surface area (Å²) in [5.74, 6) is 2.44. The number of rotatable bonds is 3. The van der Waals surface area contributed by atoms with Gasteiger partial charge in [0.15, 0.2) is 0 Å². The van der Waals surface area contributed by atoms with Crippen molar-refractivity contribution in [3.63, 3.8) is 0 Å². The molecule has 1 N–H and O–H groups in total. The number of hydrogen-bond donors (Lipinski definition) is 1. The molecule has 2 rings (SSSR count). The molecule has 2 heteroatoms. The van der Waals surface area contributed by atoms with E-state index in [4.69, 9.17) is 0 Å². The van der Waals surface area contributed by atoms with E-state index in [1.165, 1.54) is 19.3 Å². The van der Waals surface area contributed by atoms with Gasteiger partial charge >= 0.3 is 0 Å². The van der Waals surface area contributed by atoms with Crippen LogP contribution in [0.15, 0.2) is 0 Å². The summed E-state index contributed by atoms with van der Waals surface area (Å²) in [6.07, 6.45) is 6.74. The van der Waals surface area contributed by atoms with Gasteiger partial charge in [-0.3, -0.25) is 4.79 Å². The highest BCUT2D eigenvalue weighted by atomic mass is 16.1. The third-order valence-corrected chi connectivity index (χ3v) is 4.66. The number of nitrogens with one attached hydrogen (secondary N) is 1. The fourth-order valence-electron chi connectivity index (χ4n) is 3.18. The van der Waals surface area contributed by atoms with E-state index in [9.17, 15) is 4.79 Å². The van der Waals surface area contributed by atoms with Crippen LogP contribution in [0.4, 0.5) is 0 Å².